The summed E-state index contributed by atoms with van der Waals surface area (Å²) in [6, 6.07) is 6.78. The molecule has 2 heterocycles. The number of benzene rings is 1. The third-order valence-corrected chi connectivity index (χ3v) is 3.54. The monoisotopic (exact) mass is 238 g/mol. The molecule has 0 saturated carbocycles. The summed E-state index contributed by atoms with van der Waals surface area (Å²) in [7, 11) is 0. The Morgan fingerprint density at radius 1 is 1.35 bits per heavy atom. The minimum Gasteiger partial charge on any atom is -0.508 e. The third-order valence-electron chi connectivity index (χ3n) is 3.54. The molecule has 17 heavy (non-hydrogen) atoms. The van der Waals surface area contributed by atoms with Crippen LogP contribution in [-0.2, 0) is 9.47 Å². The molecule has 1 aromatic carbocycles. The number of aromatic hydroxyl groups is 1. The average Bonchev–Trinajstić information content (AvgIpc) is 2.81. The van der Waals surface area contributed by atoms with Crippen molar-refractivity contribution >= 4 is 0 Å². The summed E-state index contributed by atoms with van der Waals surface area (Å²) in [5.41, 5.74) is -0.469. The first-order valence-corrected chi connectivity index (χ1v) is 5.54. The highest BCUT2D eigenvalue weighted by Gasteiger charge is 2.61. The van der Waals surface area contributed by atoms with E-state index in [4.69, 9.17) is 9.47 Å². The number of rotatable bonds is 2. The van der Waals surface area contributed by atoms with Gasteiger partial charge < -0.3 is 24.8 Å². The molecule has 5 nitrogen and oxygen atoms in total. The minimum atomic E-state index is -1.04. The third kappa shape index (κ3) is 1.40. The van der Waals surface area contributed by atoms with Crippen molar-refractivity contribution in [1.82, 2.24) is 0 Å². The molecular formula is C12H14O5. The van der Waals surface area contributed by atoms with E-state index in [2.05, 4.69) is 0 Å². The quantitative estimate of drug-likeness (QED) is 0.673. The van der Waals surface area contributed by atoms with Gasteiger partial charge in [-0.1, -0.05) is 18.2 Å². The van der Waals surface area contributed by atoms with Crippen molar-refractivity contribution in [3.8, 4) is 5.75 Å². The van der Waals surface area contributed by atoms with Crippen molar-refractivity contribution in [3.05, 3.63) is 29.8 Å². The summed E-state index contributed by atoms with van der Waals surface area (Å²) >= 11 is 0. The summed E-state index contributed by atoms with van der Waals surface area (Å²) in [5.74, 6) is 0.105. The number of fused-ring (bicyclic) bond motifs is 2. The fourth-order valence-corrected chi connectivity index (χ4v) is 2.53. The summed E-state index contributed by atoms with van der Waals surface area (Å²) in [5, 5.41) is 29.1. The molecule has 0 aromatic heterocycles. The minimum absolute atomic E-state index is 0.105. The van der Waals surface area contributed by atoms with Gasteiger partial charge in [-0.3, -0.25) is 0 Å². The van der Waals surface area contributed by atoms with E-state index in [1.54, 1.807) is 24.3 Å². The van der Waals surface area contributed by atoms with Gasteiger partial charge in [0.15, 0.2) is 0 Å². The Morgan fingerprint density at radius 2 is 2.12 bits per heavy atom. The van der Waals surface area contributed by atoms with E-state index in [-0.39, 0.29) is 19.0 Å². The number of phenolic OH excluding ortho intramolecular Hbond substituents is 1. The zero-order valence-electron chi connectivity index (χ0n) is 9.11. The molecule has 2 aliphatic rings. The summed E-state index contributed by atoms with van der Waals surface area (Å²) < 4.78 is 11.1. The largest absolute Gasteiger partial charge is 0.508 e. The van der Waals surface area contributed by atoms with Gasteiger partial charge in [0, 0.05) is 5.56 Å². The van der Waals surface area contributed by atoms with E-state index < -0.39 is 23.9 Å². The Balaban J connectivity index is 1.96. The van der Waals surface area contributed by atoms with Gasteiger partial charge in [0.2, 0.25) is 0 Å². The van der Waals surface area contributed by atoms with Crippen molar-refractivity contribution in [2.75, 3.05) is 13.2 Å². The van der Waals surface area contributed by atoms with Crippen molar-refractivity contribution < 1.29 is 24.8 Å². The lowest BCUT2D eigenvalue weighted by atomic mass is 9.97. The lowest BCUT2D eigenvalue weighted by molar-refractivity contribution is -0.163. The molecule has 1 unspecified atom stereocenters. The molecule has 92 valence electrons. The Labute approximate surface area is 98.2 Å². The Bertz CT molecular complexity index is 435. The zero-order chi connectivity index (χ0) is 12.0. The molecular weight excluding hydrogens is 224 g/mol. The average molecular weight is 238 g/mol. The Hall–Kier alpha value is -1.14. The second-order valence-corrected chi connectivity index (χ2v) is 4.54. The number of hydrogen-bond donors (Lipinski definition) is 3. The molecule has 2 fully saturated rings. The number of phenols is 1. The van der Waals surface area contributed by atoms with E-state index in [9.17, 15) is 15.3 Å². The number of para-hydroxylation sites is 1. The predicted octanol–water partition coefficient (Wildman–Crippen LogP) is -0.0457. The first kappa shape index (κ1) is 11.0. The second kappa shape index (κ2) is 3.68. The molecule has 3 N–H and O–H groups in total. The van der Waals surface area contributed by atoms with E-state index in [1.165, 1.54) is 0 Å². The smallest absolute Gasteiger partial charge is 0.144 e. The van der Waals surface area contributed by atoms with Crippen LogP contribution >= 0.6 is 0 Å². The number of aliphatic hydroxyl groups excluding tert-OH is 2. The van der Waals surface area contributed by atoms with Crippen molar-refractivity contribution in [1.29, 1.82) is 0 Å². The van der Waals surface area contributed by atoms with Crippen LogP contribution in [0.5, 0.6) is 5.75 Å². The summed E-state index contributed by atoms with van der Waals surface area (Å²) in [6.45, 7) is -0.117. The molecule has 0 amide bonds. The number of hydrogen-bond acceptors (Lipinski definition) is 5. The lowest BCUT2D eigenvalue weighted by Gasteiger charge is -2.29. The van der Waals surface area contributed by atoms with Crippen LogP contribution in [0.2, 0.25) is 0 Å². The molecule has 2 aliphatic heterocycles. The van der Waals surface area contributed by atoms with E-state index >= 15 is 0 Å². The maximum Gasteiger partial charge on any atom is 0.144 e. The van der Waals surface area contributed by atoms with Gasteiger partial charge in [0.25, 0.3) is 0 Å². The van der Waals surface area contributed by atoms with Crippen LogP contribution in [0.1, 0.15) is 11.7 Å². The summed E-state index contributed by atoms with van der Waals surface area (Å²) in [4.78, 5) is 0. The molecule has 1 aromatic rings. The van der Waals surface area contributed by atoms with Gasteiger partial charge in [-0.05, 0) is 6.07 Å². The molecule has 3 rings (SSSR count). The first-order chi connectivity index (χ1) is 8.18. The SMILES string of the molecule is OC[C@@]12CO[C@@H](C(c3ccccc3O)O1)[C@@H]2O. The number of ether oxygens (including phenoxy) is 2. The van der Waals surface area contributed by atoms with E-state index in [0.29, 0.717) is 5.56 Å². The van der Waals surface area contributed by atoms with E-state index in [0.717, 1.165) is 0 Å². The Morgan fingerprint density at radius 3 is 2.76 bits per heavy atom. The van der Waals surface area contributed by atoms with Gasteiger partial charge in [0.05, 0.1) is 13.2 Å². The highest BCUT2D eigenvalue weighted by atomic mass is 16.6. The van der Waals surface area contributed by atoms with Crippen LogP contribution in [-0.4, -0.2) is 46.3 Å². The van der Waals surface area contributed by atoms with Crippen LogP contribution < -0.4 is 0 Å². The fraction of sp³-hybridized carbons (Fsp3) is 0.500. The molecule has 4 atom stereocenters. The maximum atomic E-state index is 10.0. The standard InChI is InChI=1S/C12H14O5/c13-5-12-6-16-10(11(12)15)9(17-12)7-3-1-2-4-8(7)14/h1-4,9-11,13-15H,5-6H2/t9?,10-,11-,12-/m0/s1. The highest BCUT2D eigenvalue weighted by molar-refractivity contribution is 5.36. The molecule has 0 radical (unpaired) electrons. The zero-order valence-corrected chi connectivity index (χ0v) is 9.11. The van der Waals surface area contributed by atoms with Crippen LogP contribution in [0.3, 0.4) is 0 Å². The maximum absolute atomic E-state index is 10.0. The summed E-state index contributed by atoms with van der Waals surface area (Å²) in [6.07, 6.45) is -1.93. The molecule has 2 saturated heterocycles. The normalized spacial score (nSPS) is 39.8. The molecule has 2 bridgehead atoms. The number of aliphatic hydroxyl groups is 2. The topological polar surface area (TPSA) is 79.2 Å². The van der Waals surface area contributed by atoms with Crippen LogP contribution in [0, 0.1) is 0 Å². The van der Waals surface area contributed by atoms with Crippen molar-refractivity contribution in [3.63, 3.8) is 0 Å². The molecule has 5 heteroatoms. The Kier molecular flexibility index (Phi) is 2.38. The van der Waals surface area contributed by atoms with Gasteiger partial charge >= 0.3 is 0 Å². The van der Waals surface area contributed by atoms with Gasteiger partial charge in [0.1, 0.15) is 29.7 Å². The molecule has 0 aliphatic carbocycles. The highest BCUT2D eigenvalue weighted by Crippen LogP contribution is 2.48. The molecule has 0 spiro atoms. The van der Waals surface area contributed by atoms with Gasteiger partial charge in [-0.15, -0.1) is 0 Å². The lowest BCUT2D eigenvalue weighted by Crippen LogP contribution is -2.43. The predicted molar refractivity (Wildman–Crippen MR) is 57.5 cm³/mol. The fourth-order valence-electron chi connectivity index (χ4n) is 2.53. The van der Waals surface area contributed by atoms with Crippen molar-refractivity contribution in [2.45, 2.75) is 23.9 Å². The first-order valence-electron chi connectivity index (χ1n) is 5.54. The van der Waals surface area contributed by atoms with Crippen molar-refractivity contribution in [2.24, 2.45) is 0 Å². The van der Waals surface area contributed by atoms with Gasteiger partial charge in [-0.25, -0.2) is 0 Å². The second-order valence-electron chi connectivity index (χ2n) is 4.54. The van der Waals surface area contributed by atoms with E-state index in [1.807, 2.05) is 0 Å². The van der Waals surface area contributed by atoms with Crippen LogP contribution in [0.4, 0.5) is 0 Å². The van der Waals surface area contributed by atoms with Crippen LogP contribution in [0.15, 0.2) is 24.3 Å². The van der Waals surface area contributed by atoms with Crippen LogP contribution in [0.25, 0.3) is 0 Å². The van der Waals surface area contributed by atoms with Gasteiger partial charge in [-0.2, -0.15) is 0 Å².